The zero-order valence-corrected chi connectivity index (χ0v) is 25.1. The van der Waals surface area contributed by atoms with Crippen molar-refractivity contribution in [2.45, 2.75) is 109 Å². The first-order valence-electron chi connectivity index (χ1n) is 12.4. The predicted octanol–water partition coefficient (Wildman–Crippen LogP) is 5.19. The van der Waals surface area contributed by atoms with E-state index in [1.807, 2.05) is 6.55 Å². The highest BCUT2D eigenvalue weighted by molar-refractivity contribution is 6.75. The van der Waals surface area contributed by atoms with Gasteiger partial charge in [0, 0.05) is 14.2 Å². The second-order valence-corrected chi connectivity index (χ2v) is 21.7. The van der Waals surface area contributed by atoms with E-state index < -0.39 is 31.2 Å². The maximum Gasteiger partial charge on any atom is 0.334 e. The standard InChI is InChI=1S/C22H49NO6Si3/c1-10-31(11-2,12-3)28-21(24)19-20(22(25)29-32(13-4,14-5)15-6)23-17-16-18-30(9,26-7)27-8/h20,23H,10-19H2,1-9H3. The Bertz CT molecular complexity index is 535. The van der Waals surface area contributed by atoms with Crippen molar-refractivity contribution in [3.05, 3.63) is 0 Å². The summed E-state index contributed by atoms with van der Waals surface area (Å²) in [5.74, 6) is -0.601. The molecule has 0 fully saturated rings. The molecule has 0 aromatic heterocycles. The first-order valence-corrected chi connectivity index (χ1v) is 19.9. The van der Waals surface area contributed by atoms with Crippen LogP contribution in [-0.4, -0.2) is 63.9 Å². The summed E-state index contributed by atoms with van der Waals surface area (Å²) in [5, 5.41) is 3.28. The van der Waals surface area contributed by atoms with Crippen molar-refractivity contribution in [2.24, 2.45) is 0 Å². The van der Waals surface area contributed by atoms with Crippen LogP contribution in [-0.2, 0) is 27.3 Å². The maximum absolute atomic E-state index is 13.2. The molecule has 10 heteroatoms. The Labute approximate surface area is 199 Å². The molecule has 0 radical (unpaired) electrons. The van der Waals surface area contributed by atoms with Gasteiger partial charge in [0.2, 0.25) is 0 Å². The summed E-state index contributed by atoms with van der Waals surface area (Å²) in [6, 6.07) is 5.43. The average molecular weight is 508 g/mol. The van der Waals surface area contributed by atoms with Gasteiger partial charge >= 0.3 is 14.5 Å². The van der Waals surface area contributed by atoms with Crippen LogP contribution in [0.4, 0.5) is 0 Å². The van der Waals surface area contributed by atoms with Crippen molar-refractivity contribution in [3.8, 4) is 0 Å². The van der Waals surface area contributed by atoms with E-state index in [0.717, 1.165) is 48.7 Å². The summed E-state index contributed by atoms with van der Waals surface area (Å²) in [7, 11) is -3.00. The van der Waals surface area contributed by atoms with Gasteiger partial charge in [0.15, 0.2) is 0 Å². The first kappa shape index (κ1) is 31.5. The van der Waals surface area contributed by atoms with Gasteiger partial charge in [-0.1, -0.05) is 41.5 Å². The number of rotatable bonds is 18. The zero-order valence-electron chi connectivity index (χ0n) is 22.1. The van der Waals surface area contributed by atoms with E-state index in [0.29, 0.717) is 6.54 Å². The van der Waals surface area contributed by atoms with Crippen molar-refractivity contribution in [2.75, 3.05) is 20.8 Å². The molecule has 0 bridgehead atoms. The minimum atomic E-state index is -2.17. The first-order chi connectivity index (χ1) is 15.1. The molecule has 0 spiro atoms. The summed E-state index contributed by atoms with van der Waals surface area (Å²) < 4.78 is 23.2. The fourth-order valence-electron chi connectivity index (χ4n) is 3.88. The third-order valence-electron chi connectivity index (χ3n) is 7.23. The molecule has 190 valence electrons. The minimum absolute atomic E-state index is 0.0124. The third-order valence-corrected chi connectivity index (χ3v) is 19.2. The fraction of sp³-hybridized carbons (Fsp3) is 0.909. The fourth-order valence-corrected chi connectivity index (χ4v) is 10.3. The number of hydrogen-bond donors (Lipinski definition) is 1. The lowest BCUT2D eigenvalue weighted by atomic mass is 10.2. The maximum atomic E-state index is 13.2. The van der Waals surface area contributed by atoms with Gasteiger partial charge in [-0.25, -0.2) is 0 Å². The molecule has 32 heavy (non-hydrogen) atoms. The topological polar surface area (TPSA) is 83.1 Å². The molecule has 0 aromatic carbocycles. The van der Waals surface area contributed by atoms with Gasteiger partial charge in [-0.3, -0.25) is 9.59 Å². The van der Waals surface area contributed by atoms with Crippen LogP contribution in [0.3, 0.4) is 0 Å². The number of carbonyl (C=O) groups excluding carboxylic acids is 2. The Morgan fingerprint density at radius 1 is 0.781 bits per heavy atom. The van der Waals surface area contributed by atoms with Gasteiger partial charge < -0.3 is 23.0 Å². The lowest BCUT2D eigenvalue weighted by Crippen LogP contribution is -2.48. The lowest BCUT2D eigenvalue weighted by molar-refractivity contribution is -0.144. The molecule has 1 atom stereocenters. The average Bonchev–Trinajstić information content (AvgIpc) is 2.82. The molecular formula is C22H49NO6Si3. The third kappa shape index (κ3) is 9.76. The molecule has 1 unspecified atom stereocenters. The highest BCUT2D eigenvalue weighted by atomic mass is 28.4. The van der Waals surface area contributed by atoms with Gasteiger partial charge in [0.05, 0.1) is 6.42 Å². The second-order valence-electron chi connectivity index (χ2n) is 8.74. The Hall–Kier alpha value is -0.529. The van der Waals surface area contributed by atoms with E-state index in [-0.39, 0.29) is 18.4 Å². The molecule has 0 aromatic rings. The SMILES string of the molecule is CC[Si](CC)(CC)OC(=O)CC(NCCC[Si](C)(OC)OC)C(=O)O[Si](CC)(CC)CC. The summed E-state index contributed by atoms with van der Waals surface area (Å²) in [4.78, 5) is 26.0. The Balaban J connectivity index is 5.33. The molecule has 0 heterocycles. The number of carbonyl (C=O) groups is 2. The molecule has 0 aliphatic carbocycles. The summed E-state index contributed by atoms with van der Waals surface area (Å²) in [5.41, 5.74) is 0. The van der Waals surface area contributed by atoms with Crippen molar-refractivity contribution < 1.29 is 27.3 Å². The Morgan fingerprint density at radius 3 is 1.62 bits per heavy atom. The van der Waals surface area contributed by atoms with E-state index in [1.54, 1.807) is 14.2 Å². The molecule has 0 aliphatic heterocycles. The van der Waals surface area contributed by atoms with Crippen molar-refractivity contribution in [1.29, 1.82) is 0 Å². The van der Waals surface area contributed by atoms with E-state index in [4.69, 9.17) is 17.7 Å². The summed E-state index contributed by atoms with van der Waals surface area (Å²) >= 11 is 0. The molecular weight excluding hydrogens is 459 g/mol. The monoisotopic (exact) mass is 507 g/mol. The molecule has 1 N–H and O–H groups in total. The Kier molecular flexibility index (Phi) is 15.1. The molecule has 0 amide bonds. The molecule has 0 saturated carbocycles. The predicted molar refractivity (Wildman–Crippen MR) is 138 cm³/mol. The molecule has 7 nitrogen and oxygen atoms in total. The molecule has 0 saturated heterocycles. The van der Waals surface area contributed by atoms with Crippen LogP contribution in [0.15, 0.2) is 0 Å². The smallest absolute Gasteiger partial charge is 0.334 e. The summed E-state index contributed by atoms with van der Waals surface area (Å²) in [6.45, 7) is 15.1. The normalized spacial score (nSPS) is 13.7. The van der Waals surface area contributed by atoms with Crippen molar-refractivity contribution >= 4 is 37.1 Å². The molecule has 0 rings (SSSR count). The Morgan fingerprint density at radius 2 is 1.22 bits per heavy atom. The van der Waals surface area contributed by atoms with Gasteiger partial charge in [0.1, 0.15) is 6.04 Å². The van der Waals surface area contributed by atoms with Crippen LogP contribution in [0.2, 0.25) is 48.9 Å². The largest absolute Gasteiger partial charge is 0.519 e. The van der Waals surface area contributed by atoms with Crippen LogP contribution in [0.5, 0.6) is 0 Å². The summed E-state index contributed by atoms with van der Waals surface area (Å²) in [6.07, 6.45) is 0.803. The van der Waals surface area contributed by atoms with Crippen LogP contribution in [0.25, 0.3) is 0 Å². The van der Waals surface area contributed by atoms with E-state index >= 15 is 0 Å². The van der Waals surface area contributed by atoms with Crippen molar-refractivity contribution in [1.82, 2.24) is 5.32 Å². The highest BCUT2D eigenvalue weighted by Gasteiger charge is 2.38. The second kappa shape index (κ2) is 15.4. The highest BCUT2D eigenvalue weighted by Crippen LogP contribution is 2.25. The molecule has 0 aliphatic rings. The quantitative estimate of drug-likeness (QED) is 0.202. The van der Waals surface area contributed by atoms with E-state index in [1.165, 1.54) is 0 Å². The number of nitrogens with one attached hydrogen (secondary N) is 1. The van der Waals surface area contributed by atoms with Gasteiger partial charge in [-0.05, 0) is 61.8 Å². The number of hydrogen-bond acceptors (Lipinski definition) is 7. The van der Waals surface area contributed by atoms with Gasteiger partial charge in [0.25, 0.3) is 22.6 Å². The minimum Gasteiger partial charge on any atom is -0.519 e. The van der Waals surface area contributed by atoms with Gasteiger partial charge in [-0.15, -0.1) is 0 Å². The van der Waals surface area contributed by atoms with Crippen molar-refractivity contribution in [3.63, 3.8) is 0 Å². The van der Waals surface area contributed by atoms with E-state index in [2.05, 4.69) is 46.9 Å². The van der Waals surface area contributed by atoms with Crippen LogP contribution >= 0.6 is 0 Å². The lowest BCUT2D eigenvalue weighted by Gasteiger charge is -2.31. The van der Waals surface area contributed by atoms with E-state index in [9.17, 15) is 9.59 Å². The van der Waals surface area contributed by atoms with Gasteiger partial charge in [-0.2, -0.15) is 0 Å². The van der Waals surface area contributed by atoms with Crippen LogP contribution in [0, 0.1) is 0 Å². The van der Waals surface area contributed by atoms with Crippen LogP contribution in [0.1, 0.15) is 54.4 Å². The van der Waals surface area contributed by atoms with Crippen LogP contribution < -0.4 is 5.32 Å². The zero-order chi connectivity index (χ0) is 24.8.